The number of aromatic carboxylic acids is 1. The highest BCUT2D eigenvalue weighted by Gasteiger charge is 2.35. The Hall–Kier alpha value is -3.51. The van der Waals surface area contributed by atoms with Gasteiger partial charge in [-0.25, -0.2) is 4.79 Å². The number of nitriles is 3. The van der Waals surface area contributed by atoms with Gasteiger partial charge in [0.15, 0.2) is 5.57 Å². The Kier molecular flexibility index (Phi) is 4.73. The van der Waals surface area contributed by atoms with Gasteiger partial charge in [0.25, 0.3) is 0 Å². The molecule has 0 aliphatic heterocycles. The van der Waals surface area contributed by atoms with Crippen LogP contribution in [-0.2, 0) is 6.18 Å². The molecule has 6 nitrogen and oxygen atoms in total. The minimum Gasteiger partial charge on any atom is -0.478 e. The molecule has 0 fully saturated rings. The smallest absolute Gasteiger partial charge is 0.417 e. The first-order chi connectivity index (χ1) is 10.2. The van der Waals surface area contributed by atoms with Gasteiger partial charge >= 0.3 is 12.1 Å². The van der Waals surface area contributed by atoms with E-state index in [2.05, 4.69) is 5.32 Å². The van der Waals surface area contributed by atoms with Crippen LogP contribution in [0.1, 0.15) is 15.9 Å². The molecule has 0 bridgehead atoms. The summed E-state index contributed by atoms with van der Waals surface area (Å²) in [6, 6.07) is 6.48. The predicted octanol–water partition coefficient (Wildman–Crippen LogP) is 2.64. The number of benzene rings is 1. The molecule has 9 heteroatoms. The Morgan fingerprint density at radius 1 is 1.14 bits per heavy atom. The van der Waals surface area contributed by atoms with Crippen LogP contribution in [0.15, 0.2) is 29.5 Å². The summed E-state index contributed by atoms with van der Waals surface area (Å²) >= 11 is 0. The van der Waals surface area contributed by atoms with Crippen molar-refractivity contribution in [3.63, 3.8) is 0 Å². The standard InChI is InChI=1S/C13H5F3N4O2/c14-13(15,16)10-3-8(1-2-9(10)12(21)22)20-11(6-19)7(4-17)5-18/h1-3,20H,(H,21,22). The number of anilines is 1. The third-order valence-corrected chi connectivity index (χ3v) is 2.41. The lowest BCUT2D eigenvalue weighted by atomic mass is 10.1. The number of carboxylic acid groups (broad SMARTS) is 1. The summed E-state index contributed by atoms with van der Waals surface area (Å²) in [4.78, 5) is 10.8. The number of carbonyl (C=O) groups is 1. The second-order valence-corrected chi connectivity index (χ2v) is 3.77. The minimum absolute atomic E-state index is 0.281. The fourth-order valence-corrected chi connectivity index (χ4v) is 1.47. The normalized spacial score (nSPS) is 9.82. The van der Waals surface area contributed by atoms with Gasteiger partial charge in [-0.05, 0) is 18.2 Å². The lowest BCUT2D eigenvalue weighted by Gasteiger charge is -2.13. The molecule has 0 saturated heterocycles. The monoisotopic (exact) mass is 306 g/mol. The summed E-state index contributed by atoms with van der Waals surface area (Å²) in [5, 5.41) is 37.0. The van der Waals surface area contributed by atoms with E-state index >= 15 is 0 Å². The lowest BCUT2D eigenvalue weighted by molar-refractivity contribution is -0.138. The SMILES string of the molecule is N#CC(C#N)=C(C#N)Nc1ccc(C(=O)O)c(C(F)(F)F)c1. The Labute approximate surface area is 121 Å². The number of rotatable bonds is 3. The van der Waals surface area contributed by atoms with Gasteiger partial charge in [0, 0.05) is 5.69 Å². The lowest BCUT2D eigenvalue weighted by Crippen LogP contribution is -2.13. The average molecular weight is 306 g/mol. The maximum atomic E-state index is 12.8. The van der Waals surface area contributed by atoms with Crippen LogP contribution in [0.4, 0.5) is 18.9 Å². The van der Waals surface area contributed by atoms with Gasteiger partial charge in [-0.1, -0.05) is 0 Å². The maximum Gasteiger partial charge on any atom is 0.417 e. The summed E-state index contributed by atoms with van der Waals surface area (Å²) in [6.07, 6.45) is -4.92. The van der Waals surface area contributed by atoms with Gasteiger partial charge in [-0.3, -0.25) is 0 Å². The van der Waals surface area contributed by atoms with Crippen molar-refractivity contribution in [3.05, 3.63) is 40.6 Å². The highest BCUT2D eigenvalue weighted by molar-refractivity contribution is 5.90. The first-order valence-corrected chi connectivity index (χ1v) is 5.40. The van der Waals surface area contributed by atoms with E-state index in [1.165, 1.54) is 18.2 Å². The van der Waals surface area contributed by atoms with E-state index in [-0.39, 0.29) is 5.69 Å². The topological polar surface area (TPSA) is 121 Å². The van der Waals surface area contributed by atoms with Crippen LogP contribution < -0.4 is 5.32 Å². The number of alkyl halides is 3. The molecule has 0 spiro atoms. The van der Waals surface area contributed by atoms with E-state index in [9.17, 15) is 18.0 Å². The molecule has 0 saturated carbocycles. The Morgan fingerprint density at radius 3 is 2.14 bits per heavy atom. The van der Waals surface area contributed by atoms with Crippen molar-refractivity contribution in [2.45, 2.75) is 6.18 Å². The van der Waals surface area contributed by atoms with Crippen LogP contribution in [0.5, 0.6) is 0 Å². The molecule has 0 unspecified atom stereocenters. The van der Waals surface area contributed by atoms with E-state index in [0.29, 0.717) is 12.1 Å². The van der Waals surface area contributed by atoms with Crippen LogP contribution in [0.2, 0.25) is 0 Å². The van der Waals surface area contributed by atoms with E-state index in [0.717, 1.165) is 6.07 Å². The zero-order valence-corrected chi connectivity index (χ0v) is 10.6. The molecule has 0 aliphatic rings. The van der Waals surface area contributed by atoms with Crippen molar-refractivity contribution in [2.75, 3.05) is 5.32 Å². The highest BCUT2D eigenvalue weighted by atomic mass is 19.4. The number of carboxylic acids is 1. The van der Waals surface area contributed by atoms with Gasteiger partial charge in [0.05, 0.1) is 11.1 Å². The van der Waals surface area contributed by atoms with Gasteiger partial charge < -0.3 is 10.4 Å². The molecule has 110 valence electrons. The summed E-state index contributed by atoms with van der Waals surface area (Å²) in [5.41, 5.74) is -3.81. The Bertz CT molecular complexity index is 760. The third-order valence-electron chi connectivity index (χ3n) is 2.41. The van der Waals surface area contributed by atoms with E-state index < -0.39 is 34.5 Å². The van der Waals surface area contributed by atoms with Gasteiger partial charge in [-0.15, -0.1) is 0 Å². The summed E-state index contributed by atoms with van der Waals surface area (Å²) in [6.45, 7) is 0. The van der Waals surface area contributed by atoms with E-state index in [1.807, 2.05) is 0 Å². The molecular weight excluding hydrogens is 301 g/mol. The number of hydrogen-bond donors (Lipinski definition) is 2. The van der Waals surface area contributed by atoms with Crippen molar-refractivity contribution in [1.29, 1.82) is 15.8 Å². The van der Waals surface area contributed by atoms with Crippen LogP contribution >= 0.6 is 0 Å². The molecule has 0 atom stereocenters. The van der Waals surface area contributed by atoms with Crippen molar-refractivity contribution < 1.29 is 23.1 Å². The van der Waals surface area contributed by atoms with Crippen LogP contribution in [0, 0.1) is 34.0 Å². The summed E-state index contributed by atoms with van der Waals surface area (Å²) in [7, 11) is 0. The summed E-state index contributed by atoms with van der Waals surface area (Å²) < 4.78 is 38.5. The second-order valence-electron chi connectivity index (χ2n) is 3.77. The zero-order valence-electron chi connectivity index (χ0n) is 10.6. The number of allylic oxidation sites excluding steroid dienone is 2. The predicted molar refractivity (Wildman–Crippen MR) is 65.9 cm³/mol. The number of hydrogen-bond acceptors (Lipinski definition) is 5. The largest absolute Gasteiger partial charge is 0.478 e. The minimum atomic E-state index is -4.92. The number of halogens is 3. The van der Waals surface area contributed by atoms with Crippen LogP contribution in [-0.4, -0.2) is 11.1 Å². The molecule has 0 aliphatic carbocycles. The number of nitrogens with one attached hydrogen (secondary N) is 1. The third kappa shape index (κ3) is 3.53. The molecule has 2 N–H and O–H groups in total. The molecule has 1 rings (SSSR count). The van der Waals surface area contributed by atoms with E-state index in [1.54, 1.807) is 0 Å². The van der Waals surface area contributed by atoms with Crippen molar-refractivity contribution >= 4 is 11.7 Å². The van der Waals surface area contributed by atoms with Crippen molar-refractivity contribution in [3.8, 4) is 18.2 Å². The molecule has 0 heterocycles. The van der Waals surface area contributed by atoms with Gasteiger partial charge in [-0.2, -0.15) is 29.0 Å². The van der Waals surface area contributed by atoms with Gasteiger partial charge in [0.2, 0.25) is 0 Å². The van der Waals surface area contributed by atoms with Gasteiger partial charge in [0.1, 0.15) is 23.9 Å². The Balaban J connectivity index is 3.40. The first-order valence-electron chi connectivity index (χ1n) is 5.40. The average Bonchev–Trinajstić information content (AvgIpc) is 2.46. The fourth-order valence-electron chi connectivity index (χ4n) is 1.47. The molecule has 1 aromatic carbocycles. The summed E-state index contributed by atoms with van der Waals surface area (Å²) in [5.74, 6) is -1.76. The zero-order chi connectivity index (χ0) is 16.9. The quantitative estimate of drug-likeness (QED) is 0.828. The molecule has 0 aromatic heterocycles. The van der Waals surface area contributed by atoms with Crippen molar-refractivity contribution in [1.82, 2.24) is 0 Å². The molecule has 1 aromatic rings. The highest BCUT2D eigenvalue weighted by Crippen LogP contribution is 2.34. The number of nitrogens with zero attached hydrogens (tertiary/aromatic N) is 3. The maximum absolute atomic E-state index is 12.8. The molecule has 0 amide bonds. The molecule has 0 radical (unpaired) electrons. The van der Waals surface area contributed by atoms with E-state index in [4.69, 9.17) is 20.9 Å². The first kappa shape index (κ1) is 16.5. The second kappa shape index (κ2) is 6.29. The fraction of sp³-hybridized carbons (Fsp3) is 0.0769. The van der Waals surface area contributed by atoms with Crippen LogP contribution in [0.3, 0.4) is 0 Å². The van der Waals surface area contributed by atoms with Crippen molar-refractivity contribution in [2.24, 2.45) is 0 Å². The van der Waals surface area contributed by atoms with Crippen LogP contribution in [0.25, 0.3) is 0 Å². The Morgan fingerprint density at radius 2 is 1.73 bits per heavy atom. The molecule has 22 heavy (non-hydrogen) atoms. The molecular formula is C13H5F3N4O2.